The first-order valence-electron chi connectivity index (χ1n) is 7.90. The van der Waals surface area contributed by atoms with E-state index >= 15 is 0 Å². The van der Waals surface area contributed by atoms with E-state index in [4.69, 9.17) is 15.2 Å². The quantitative estimate of drug-likeness (QED) is 0.520. The summed E-state index contributed by atoms with van der Waals surface area (Å²) < 4.78 is 11.3. The van der Waals surface area contributed by atoms with E-state index in [1.807, 2.05) is 18.2 Å². The number of nitro benzene ring substituents is 1. The highest BCUT2D eigenvalue weighted by molar-refractivity contribution is 5.97. The Bertz CT molecular complexity index is 763. The number of hydrogen-bond acceptors (Lipinski definition) is 6. The summed E-state index contributed by atoms with van der Waals surface area (Å²) in [4.78, 5) is 22.8. The number of non-ortho nitro benzene ring substituents is 1. The van der Waals surface area contributed by atoms with Gasteiger partial charge >= 0.3 is 0 Å². The summed E-state index contributed by atoms with van der Waals surface area (Å²) in [5.74, 6) is -1.90. The fourth-order valence-corrected chi connectivity index (χ4v) is 2.73. The number of carbonyl (C=O) groups is 1. The second-order valence-electron chi connectivity index (χ2n) is 5.85. The molecule has 0 unspecified atom stereocenters. The first-order chi connectivity index (χ1) is 12.0. The predicted molar refractivity (Wildman–Crippen MR) is 89.7 cm³/mol. The van der Waals surface area contributed by atoms with E-state index in [9.17, 15) is 14.9 Å². The molecule has 130 valence electrons. The maximum absolute atomic E-state index is 12.6. The molecule has 7 heteroatoms. The van der Waals surface area contributed by atoms with E-state index in [0.717, 1.165) is 0 Å². The topological polar surface area (TPSA) is 105 Å². The Morgan fingerprint density at radius 2 is 1.80 bits per heavy atom. The molecule has 2 aromatic rings. The van der Waals surface area contributed by atoms with Crippen LogP contribution in [0.2, 0.25) is 0 Å². The molecule has 0 aliphatic carbocycles. The van der Waals surface area contributed by atoms with Crippen molar-refractivity contribution in [1.29, 1.82) is 0 Å². The van der Waals surface area contributed by atoms with Crippen molar-refractivity contribution >= 4 is 11.5 Å². The number of nitro groups is 1. The molecule has 0 amide bonds. The van der Waals surface area contributed by atoms with Gasteiger partial charge < -0.3 is 9.47 Å². The molecule has 0 bridgehead atoms. The van der Waals surface area contributed by atoms with E-state index < -0.39 is 10.8 Å². The smallest absolute Gasteiger partial charge is 0.269 e. The van der Waals surface area contributed by atoms with E-state index in [0.29, 0.717) is 17.5 Å². The van der Waals surface area contributed by atoms with Gasteiger partial charge in [0.2, 0.25) is 0 Å². The zero-order chi connectivity index (χ0) is 17.9. The molecule has 2 aromatic carbocycles. The lowest BCUT2D eigenvalue weighted by atomic mass is 9.96. The van der Waals surface area contributed by atoms with Gasteiger partial charge in [0.05, 0.1) is 18.1 Å². The van der Waals surface area contributed by atoms with E-state index in [-0.39, 0.29) is 30.6 Å². The van der Waals surface area contributed by atoms with E-state index in [1.165, 1.54) is 24.3 Å². The Balaban J connectivity index is 1.74. The Morgan fingerprint density at radius 3 is 2.44 bits per heavy atom. The standard InChI is InChI=1S/C18H18N2O5/c19-18(15-6-8-16(9-7-15)20(22)23)24-11-10-14(12-25-18)17(21)13-4-2-1-3-5-13/h1-9,14H,10-12,19H2/t14-,18+/m0/s1. The Labute approximate surface area is 144 Å². The lowest BCUT2D eigenvalue weighted by Crippen LogP contribution is -2.42. The second kappa shape index (κ2) is 7.10. The first-order valence-corrected chi connectivity index (χ1v) is 7.90. The summed E-state index contributed by atoms with van der Waals surface area (Å²) in [6.45, 7) is 0.359. The molecule has 0 spiro atoms. The van der Waals surface area contributed by atoms with Crippen molar-refractivity contribution in [2.24, 2.45) is 11.7 Å². The van der Waals surface area contributed by atoms with Gasteiger partial charge in [-0.25, -0.2) is 0 Å². The number of ether oxygens (including phenoxy) is 2. The van der Waals surface area contributed by atoms with Crippen molar-refractivity contribution in [3.63, 3.8) is 0 Å². The van der Waals surface area contributed by atoms with Crippen LogP contribution in [-0.2, 0) is 15.4 Å². The van der Waals surface area contributed by atoms with E-state index in [1.54, 1.807) is 12.1 Å². The fraction of sp³-hybridized carbons (Fsp3) is 0.278. The molecule has 0 aromatic heterocycles. The molecule has 1 aliphatic rings. The van der Waals surface area contributed by atoms with Crippen molar-refractivity contribution < 1.29 is 19.2 Å². The van der Waals surface area contributed by atoms with Crippen LogP contribution in [0.15, 0.2) is 54.6 Å². The van der Waals surface area contributed by atoms with Crippen LogP contribution in [-0.4, -0.2) is 23.9 Å². The summed E-state index contributed by atoms with van der Waals surface area (Å²) in [6.07, 6.45) is 0.486. The molecule has 3 rings (SSSR count). The van der Waals surface area contributed by atoms with Gasteiger partial charge in [0.15, 0.2) is 5.78 Å². The third-order valence-corrected chi connectivity index (χ3v) is 4.19. The third kappa shape index (κ3) is 3.74. The van der Waals surface area contributed by atoms with Crippen LogP contribution in [0.1, 0.15) is 22.3 Å². The first kappa shape index (κ1) is 17.2. The SMILES string of the molecule is N[C@]1(c2ccc([N+](=O)[O-])cc2)OCC[C@H](C(=O)c2ccccc2)CO1. The average Bonchev–Trinajstić information content (AvgIpc) is 2.85. The number of ketones is 1. The highest BCUT2D eigenvalue weighted by Crippen LogP contribution is 2.29. The van der Waals surface area contributed by atoms with Crippen molar-refractivity contribution in [2.45, 2.75) is 12.3 Å². The molecular weight excluding hydrogens is 324 g/mol. The number of carbonyl (C=O) groups excluding carboxylic acids is 1. The zero-order valence-corrected chi connectivity index (χ0v) is 13.5. The van der Waals surface area contributed by atoms with Crippen molar-refractivity contribution in [1.82, 2.24) is 0 Å². The molecule has 1 saturated heterocycles. The highest BCUT2D eigenvalue weighted by Gasteiger charge is 2.36. The summed E-state index contributed by atoms with van der Waals surface area (Å²) >= 11 is 0. The normalized spacial score (nSPS) is 23.6. The fourth-order valence-electron chi connectivity index (χ4n) is 2.73. The number of nitrogens with zero attached hydrogens (tertiary/aromatic N) is 1. The number of nitrogens with two attached hydrogens (primary N) is 1. The summed E-state index contributed by atoms with van der Waals surface area (Å²) in [5, 5.41) is 10.8. The molecule has 1 heterocycles. The second-order valence-corrected chi connectivity index (χ2v) is 5.85. The molecule has 2 atom stereocenters. The Hall–Kier alpha value is -2.61. The van der Waals surface area contributed by atoms with Crippen LogP contribution >= 0.6 is 0 Å². The van der Waals surface area contributed by atoms with Crippen LogP contribution in [0.4, 0.5) is 5.69 Å². The van der Waals surface area contributed by atoms with Gasteiger partial charge in [0.1, 0.15) is 0 Å². The summed E-state index contributed by atoms with van der Waals surface area (Å²) in [6, 6.07) is 14.7. The Morgan fingerprint density at radius 1 is 1.12 bits per heavy atom. The molecule has 0 radical (unpaired) electrons. The molecule has 1 aliphatic heterocycles. The van der Waals surface area contributed by atoms with Crippen LogP contribution in [0.25, 0.3) is 0 Å². The summed E-state index contributed by atoms with van der Waals surface area (Å²) in [7, 11) is 0. The monoisotopic (exact) mass is 342 g/mol. The number of Topliss-reactive ketones (excluding diaryl/α,β-unsaturated/α-hetero) is 1. The molecule has 2 N–H and O–H groups in total. The number of benzene rings is 2. The molecule has 25 heavy (non-hydrogen) atoms. The van der Waals surface area contributed by atoms with Gasteiger partial charge in [-0.1, -0.05) is 30.3 Å². The van der Waals surface area contributed by atoms with Gasteiger partial charge in [-0.3, -0.25) is 20.6 Å². The van der Waals surface area contributed by atoms with Gasteiger partial charge in [-0.2, -0.15) is 0 Å². The van der Waals surface area contributed by atoms with E-state index in [2.05, 4.69) is 0 Å². The van der Waals surface area contributed by atoms with Crippen LogP contribution in [0.5, 0.6) is 0 Å². The number of rotatable bonds is 4. The summed E-state index contributed by atoms with van der Waals surface area (Å²) in [5.41, 5.74) is 7.22. The molecule has 7 nitrogen and oxygen atoms in total. The predicted octanol–water partition coefficient (Wildman–Crippen LogP) is 2.60. The van der Waals surface area contributed by atoms with Gasteiger partial charge in [0, 0.05) is 29.2 Å². The lowest BCUT2D eigenvalue weighted by molar-refractivity contribution is -0.384. The lowest BCUT2D eigenvalue weighted by Gasteiger charge is -2.28. The molecule has 1 fully saturated rings. The minimum Gasteiger partial charge on any atom is -0.334 e. The van der Waals surface area contributed by atoms with Crippen molar-refractivity contribution in [3.8, 4) is 0 Å². The average molecular weight is 342 g/mol. The van der Waals surface area contributed by atoms with Gasteiger partial charge in [-0.05, 0) is 18.6 Å². The maximum atomic E-state index is 12.6. The van der Waals surface area contributed by atoms with Crippen molar-refractivity contribution in [3.05, 3.63) is 75.8 Å². The maximum Gasteiger partial charge on any atom is 0.269 e. The Kier molecular flexibility index (Phi) is 4.89. The van der Waals surface area contributed by atoms with Gasteiger partial charge in [0.25, 0.3) is 11.6 Å². The molecule has 0 saturated carbocycles. The largest absolute Gasteiger partial charge is 0.334 e. The zero-order valence-electron chi connectivity index (χ0n) is 13.5. The third-order valence-electron chi connectivity index (χ3n) is 4.19. The van der Waals surface area contributed by atoms with Gasteiger partial charge in [-0.15, -0.1) is 0 Å². The van der Waals surface area contributed by atoms with Crippen LogP contribution in [0.3, 0.4) is 0 Å². The minimum atomic E-state index is -1.53. The van der Waals surface area contributed by atoms with Crippen LogP contribution in [0, 0.1) is 16.0 Å². The molecular formula is C18H18N2O5. The number of hydrogen-bond donors (Lipinski definition) is 1. The van der Waals surface area contributed by atoms with Crippen LogP contribution < -0.4 is 5.73 Å². The van der Waals surface area contributed by atoms with Crippen molar-refractivity contribution in [2.75, 3.05) is 13.2 Å². The minimum absolute atomic E-state index is 0.0165. The highest BCUT2D eigenvalue weighted by atomic mass is 16.7.